The van der Waals surface area contributed by atoms with E-state index in [9.17, 15) is 4.39 Å². The summed E-state index contributed by atoms with van der Waals surface area (Å²) < 4.78 is 11.6. The minimum absolute atomic E-state index is 0.274. The van der Waals surface area contributed by atoms with Gasteiger partial charge >= 0.3 is 0 Å². The molecule has 0 aliphatic carbocycles. The third-order valence-corrected chi connectivity index (χ3v) is 1.21. The summed E-state index contributed by atoms with van der Waals surface area (Å²) in [5, 5.41) is 0. The molecule has 2 nitrogen and oxygen atoms in total. The van der Waals surface area contributed by atoms with Crippen LogP contribution >= 0.6 is 0 Å². The van der Waals surface area contributed by atoms with Gasteiger partial charge in [0.15, 0.2) is 0 Å². The third kappa shape index (κ3) is 2.09. The summed E-state index contributed by atoms with van der Waals surface area (Å²) in [6, 6.07) is 1.80. The van der Waals surface area contributed by atoms with Crippen molar-refractivity contribution in [1.82, 2.24) is 9.97 Å². The van der Waals surface area contributed by atoms with Gasteiger partial charge in [-0.1, -0.05) is 0 Å². The molecule has 10 heavy (non-hydrogen) atoms. The first kappa shape index (κ1) is 7.12. The van der Waals surface area contributed by atoms with Crippen molar-refractivity contribution < 1.29 is 4.39 Å². The van der Waals surface area contributed by atoms with Crippen molar-refractivity contribution in [2.45, 2.75) is 12.8 Å². The fourth-order valence-electron chi connectivity index (χ4n) is 0.714. The fraction of sp³-hybridized carbons (Fsp3) is 0.429. The molecule has 1 aromatic rings. The van der Waals surface area contributed by atoms with Crippen molar-refractivity contribution in [3.8, 4) is 0 Å². The van der Waals surface area contributed by atoms with Crippen molar-refractivity contribution in [3.63, 3.8) is 0 Å². The Hall–Kier alpha value is -0.990. The standard InChI is InChI=1S/C7H9FN2/c8-4-1-2-7-3-5-9-6-10-7/h3,5-6H,1-2,4H2. The summed E-state index contributed by atoms with van der Waals surface area (Å²) in [7, 11) is 0. The first-order valence-corrected chi connectivity index (χ1v) is 3.24. The molecule has 0 amide bonds. The zero-order valence-corrected chi connectivity index (χ0v) is 5.63. The second-order valence-electron chi connectivity index (χ2n) is 1.99. The molecule has 0 fully saturated rings. The molecule has 0 radical (unpaired) electrons. The van der Waals surface area contributed by atoms with Crippen LogP contribution in [-0.2, 0) is 6.42 Å². The number of hydrogen-bond acceptors (Lipinski definition) is 2. The summed E-state index contributed by atoms with van der Waals surface area (Å²) in [5.74, 6) is 0. The SMILES string of the molecule is FCCCc1ccncn1. The molecule has 0 aliphatic rings. The smallest absolute Gasteiger partial charge is 0.115 e. The zero-order valence-electron chi connectivity index (χ0n) is 5.63. The number of rotatable bonds is 3. The number of aryl methyl sites for hydroxylation is 1. The van der Waals surface area contributed by atoms with Gasteiger partial charge in [-0.3, -0.25) is 4.39 Å². The van der Waals surface area contributed by atoms with E-state index in [0.717, 1.165) is 5.69 Å². The van der Waals surface area contributed by atoms with Crippen LogP contribution < -0.4 is 0 Å². The summed E-state index contributed by atoms with van der Waals surface area (Å²) in [6.45, 7) is -0.274. The molecule has 0 aliphatic heterocycles. The van der Waals surface area contributed by atoms with Gasteiger partial charge in [-0.15, -0.1) is 0 Å². The van der Waals surface area contributed by atoms with Crippen LogP contribution in [-0.4, -0.2) is 16.6 Å². The largest absolute Gasteiger partial charge is 0.251 e. The maximum atomic E-state index is 11.6. The average Bonchev–Trinajstić information content (AvgIpc) is 2.03. The Morgan fingerprint density at radius 3 is 3.00 bits per heavy atom. The van der Waals surface area contributed by atoms with Crippen molar-refractivity contribution in [1.29, 1.82) is 0 Å². The number of hydrogen-bond donors (Lipinski definition) is 0. The molecular formula is C7H9FN2. The second-order valence-corrected chi connectivity index (χ2v) is 1.99. The van der Waals surface area contributed by atoms with Crippen LogP contribution in [0, 0.1) is 0 Å². The number of nitrogens with zero attached hydrogens (tertiary/aromatic N) is 2. The quantitative estimate of drug-likeness (QED) is 0.633. The molecule has 0 saturated heterocycles. The van der Waals surface area contributed by atoms with Crippen LogP contribution in [0.4, 0.5) is 4.39 Å². The Kier molecular flexibility index (Phi) is 2.80. The molecule has 1 rings (SSSR count). The Morgan fingerprint density at radius 1 is 1.50 bits per heavy atom. The molecule has 0 unspecified atom stereocenters. The van der Waals surface area contributed by atoms with E-state index in [1.54, 1.807) is 12.3 Å². The van der Waals surface area contributed by atoms with E-state index in [0.29, 0.717) is 12.8 Å². The molecular weight excluding hydrogens is 131 g/mol. The lowest BCUT2D eigenvalue weighted by molar-refractivity contribution is 0.471. The van der Waals surface area contributed by atoms with Gasteiger partial charge in [0.1, 0.15) is 6.33 Å². The van der Waals surface area contributed by atoms with Gasteiger partial charge in [-0.2, -0.15) is 0 Å². The van der Waals surface area contributed by atoms with Crippen LogP contribution in [0.1, 0.15) is 12.1 Å². The first-order chi connectivity index (χ1) is 4.93. The lowest BCUT2D eigenvalue weighted by Gasteiger charge is -1.93. The van der Waals surface area contributed by atoms with Gasteiger partial charge in [0, 0.05) is 11.9 Å². The van der Waals surface area contributed by atoms with Crippen molar-refractivity contribution in [3.05, 3.63) is 24.3 Å². The monoisotopic (exact) mass is 140 g/mol. The van der Waals surface area contributed by atoms with Gasteiger partial charge in [-0.25, -0.2) is 9.97 Å². The Balaban J connectivity index is 2.43. The van der Waals surface area contributed by atoms with E-state index >= 15 is 0 Å². The topological polar surface area (TPSA) is 25.8 Å². The molecule has 0 aromatic carbocycles. The Labute approximate surface area is 59.1 Å². The maximum absolute atomic E-state index is 11.6. The maximum Gasteiger partial charge on any atom is 0.115 e. The first-order valence-electron chi connectivity index (χ1n) is 3.24. The Morgan fingerprint density at radius 2 is 2.40 bits per heavy atom. The fourth-order valence-corrected chi connectivity index (χ4v) is 0.714. The highest BCUT2D eigenvalue weighted by Crippen LogP contribution is 1.96. The van der Waals surface area contributed by atoms with E-state index in [2.05, 4.69) is 9.97 Å². The molecule has 0 spiro atoms. The van der Waals surface area contributed by atoms with E-state index in [-0.39, 0.29) is 6.67 Å². The van der Waals surface area contributed by atoms with Crippen molar-refractivity contribution in [2.75, 3.05) is 6.67 Å². The van der Waals surface area contributed by atoms with E-state index in [4.69, 9.17) is 0 Å². The normalized spacial score (nSPS) is 9.70. The molecule has 0 saturated carbocycles. The lowest BCUT2D eigenvalue weighted by Crippen LogP contribution is -1.90. The van der Waals surface area contributed by atoms with Crippen LogP contribution in [0.5, 0.6) is 0 Å². The minimum atomic E-state index is -0.274. The molecule has 1 aromatic heterocycles. The van der Waals surface area contributed by atoms with E-state index < -0.39 is 0 Å². The molecule has 0 bridgehead atoms. The van der Waals surface area contributed by atoms with Crippen LogP contribution in [0.2, 0.25) is 0 Å². The predicted molar refractivity (Wildman–Crippen MR) is 36.3 cm³/mol. The number of aromatic nitrogens is 2. The highest BCUT2D eigenvalue weighted by atomic mass is 19.1. The second kappa shape index (κ2) is 3.93. The Bertz CT molecular complexity index is 176. The van der Waals surface area contributed by atoms with E-state index in [1.807, 2.05) is 0 Å². The van der Waals surface area contributed by atoms with Crippen molar-refractivity contribution >= 4 is 0 Å². The highest BCUT2D eigenvalue weighted by Gasteiger charge is 1.90. The molecule has 54 valence electrons. The van der Waals surface area contributed by atoms with Gasteiger partial charge in [0.25, 0.3) is 0 Å². The number of halogens is 1. The van der Waals surface area contributed by atoms with Gasteiger partial charge < -0.3 is 0 Å². The summed E-state index contributed by atoms with van der Waals surface area (Å²) in [4.78, 5) is 7.69. The average molecular weight is 140 g/mol. The van der Waals surface area contributed by atoms with Crippen LogP contribution in [0.15, 0.2) is 18.6 Å². The molecule has 3 heteroatoms. The highest BCUT2D eigenvalue weighted by molar-refractivity contribution is 4.97. The molecule has 1 heterocycles. The lowest BCUT2D eigenvalue weighted by atomic mass is 10.2. The molecule has 0 N–H and O–H groups in total. The van der Waals surface area contributed by atoms with Gasteiger partial charge in [-0.05, 0) is 18.9 Å². The zero-order chi connectivity index (χ0) is 7.23. The summed E-state index contributed by atoms with van der Waals surface area (Å²) in [6.07, 6.45) is 4.41. The van der Waals surface area contributed by atoms with Crippen LogP contribution in [0.3, 0.4) is 0 Å². The predicted octanol–water partition coefficient (Wildman–Crippen LogP) is 1.38. The summed E-state index contributed by atoms with van der Waals surface area (Å²) >= 11 is 0. The van der Waals surface area contributed by atoms with E-state index in [1.165, 1.54) is 6.33 Å². The third-order valence-electron chi connectivity index (χ3n) is 1.21. The molecule has 0 atom stereocenters. The van der Waals surface area contributed by atoms with Crippen LogP contribution in [0.25, 0.3) is 0 Å². The minimum Gasteiger partial charge on any atom is -0.251 e. The van der Waals surface area contributed by atoms with Gasteiger partial charge in [0.2, 0.25) is 0 Å². The summed E-state index contributed by atoms with van der Waals surface area (Å²) in [5.41, 5.74) is 0.910. The number of alkyl halides is 1. The van der Waals surface area contributed by atoms with Gasteiger partial charge in [0.05, 0.1) is 6.67 Å². The van der Waals surface area contributed by atoms with Crippen molar-refractivity contribution in [2.24, 2.45) is 0 Å².